The molecule has 0 fully saturated rings. The summed E-state index contributed by atoms with van der Waals surface area (Å²) in [7, 11) is 0. The number of hydrogen-bond donors (Lipinski definition) is 0. The number of nitrogens with zero attached hydrogens (tertiary/aromatic N) is 4. The molecule has 0 N–H and O–H groups in total. The van der Waals surface area contributed by atoms with Crippen LogP contribution in [0.3, 0.4) is 0 Å². The maximum Gasteiger partial charge on any atom is 0.220 e. The van der Waals surface area contributed by atoms with Crippen molar-refractivity contribution in [1.29, 1.82) is 5.26 Å². The van der Waals surface area contributed by atoms with E-state index in [1.165, 1.54) is 25.6 Å². The minimum atomic E-state index is 0.401. The van der Waals surface area contributed by atoms with E-state index >= 15 is 0 Å². The molecule has 16 aromatic rings. The van der Waals surface area contributed by atoms with Gasteiger partial charge in [-0.15, -0.1) is 22.7 Å². The van der Waals surface area contributed by atoms with Gasteiger partial charge in [-0.05, 0) is 74.8 Å². The molecule has 0 spiro atoms. The summed E-state index contributed by atoms with van der Waals surface area (Å²) in [6.45, 7) is 9.60. The van der Waals surface area contributed by atoms with Crippen LogP contribution in [-0.2, 0) is 0 Å². The van der Waals surface area contributed by atoms with Gasteiger partial charge in [0.05, 0.1) is 55.0 Å². The molecule has 12 aromatic carbocycles. The minimum Gasteiger partial charge on any atom is -0.318 e. The van der Waals surface area contributed by atoms with Crippen LogP contribution in [0.1, 0.15) is 5.56 Å². The third-order valence-electron chi connectivity index (χ3n) is 16.2. The lowest BCUT2D eigenvalue weighted by molar-refractivity contribution is 1.14. The van der Waals surface area contributed by atoms with Crippen molar-refractivity contribution in [2.75, 3.05) is 0 Å². The molecule has 0 bridgehead atoms. The minimum absolute atomic E-state index is 0.401. The summed E-state index contributed by atoms with van der Waals surface area (Å²) in [5.74, 6) is 0. The Bertz CT molecular complexity index is 5290. The average Bonchev–Trinajstić information content (AvgIpc) is 4.45. The predicted octanol–water partition coefficient (Wildman–Crippen LogP) is 21.4. The van der Waals surface area contributed by atoms with E-state index in [2.05, 4.69) is 251 Å². The summed E-state index contributed by atoms with van der Waals surface area (Å²) < 4.78 is 9.46. The van der Waals surface area contributed by atoms with Gasteiger partial charge in [-0.3, -0.25) is 0 Å². The monoisotopic (exact) mass is 1050 g/mol. The smallest absolute Gasteiger partial charge is 0.220 e. The molecular weight excluding hydrogens is 1010 g/mol. The Labute approximate surface area is 468 Å². The van der Waals surface area contributed by atoms with Crippen LogP contribution in [0, 0.1) is 17.9 Å². The van der Waals surface area contributed by atoms with Gasteiger partial charge in [-0.1, -0.05) is 224 Å². The Morgan fingerprint density at radius 1 is 0.362 bits per heavy atom. The first kappa shape index (κ1) is 45.8. The van der Waals surface area contributed by atoms with Crippen LogP contribution >= 0.6 is 22.7 Å². The fourth-order valence-electron chi connectivity index (χ4n) is 12.9. The second-order valence-corrected chi connectivity index (χ2v) is 22.5. The van der Waals surface area contributed by atoms with Crippen LogP contribution in [0.5, 0.6) is 0 Å². The van der Waals surface area contributed by atoms with E-state index < -0.39 is 0 Å². The Morgan fingerprint density at radius 2 is 0.863 bits per heavy atom. The molecule has 0 saturated carbocycles. The summed E-state index contributed by atoms with van der Waals surface area (Å²) in [4.78, 5) is 4.68. The number of para-hydroxylation sites is 1. The first-order chi connectivity index (χ1) is 39.7. The first-order valence-electron chi connectivity index (χ1n) is 26.8. The fraction of sp³-hybridized carbons (Fsp3) is 0. The average molecular weight is 1050 g/mol. The molecule has 0 unspecified atom stereocenters. The number of nitriles is 1. The van der Waals surface area contributed by atoms with Crippen LogP contribution in [-0.4, -0.2) is 9.13 Å². The number of hydrogen-bond acceptors (Lipinski definition) is 3. The topological polar surface area (TPSA) is 38.0 Å². The van der Waals surface area contributed by atoms with Crippen molar-refractivity contribution in [2.24, 2.45) is 0 Å². The zero-order valence-corrected chi connectivity index (χ0v) is 44.5. The van der Waals surface area contributed by atoms with Crippen molar-refractivity contribution in [1.82, 2.24) is 9.13 Å². The molecule has 0 saturated heterocycles. The van der Waals surface area contributed by atoms with E-state index in [-0.39, 0.29) is 0 Å². The molecule has 80 heavy (non-hydrogen) atoms. The highest BCUT2D eigenvalue weighted by molar-refractivity contribution is 7.27. The zero-order chi connectivity index (χ0) is 53.0. The Hall–Kier alpha value is -10.3. The van der Waals surface area contributed by atoms with E-state index in [9.17, 15) is 11.8 Å². The van der Waals surface area contributed by atoms with Crippen molar-refractivity contribution < 1.29 is 0 Å². The van der Waals surface area contributed by atoms with Crippen molar-refractivity contribution >= 4 is 112 Å². The quantitative estimate of drug-likeness (QED) is 0.147. The molecule has 16 rings (SSSR count). The molecule has 0 radical (unpaired) electrons. The molecule has 0 aliphatic heterocycles. The van der Waals surface area contributed by atoms with Gasteiger partial charge in [0, 0.05) is 63.6 Å². The molecule has 4 nitrogen and oxygen atoms in total. The van der Waals surface area contributed by atoms with Gasteiger partial charge in [-0.2, -0.15) is 5.26 Å². The van der Waals surface area contributed by atoms with E-state index in [0.29, 0.717) is 22.5 Å². The molecule has 0 amide bonds. The summed E-state index contributed by atoms with van der Waals surface area (Å²) >= 11 is 3.61. The highest BCUT2D eigenvalue weighted by atomic mass is 32.1. The number of rotatable bonds is 7. The van der Waals surface area contributed by atoms with Crippen LogP contribution in [0.4, 0.5) is 5.69 Å². The molecule has 370 valence electrons. The normalized spacial score (nSPS) is 11.7. The standard InChI is InChI=1S/C74H42N4S2/c1-76-68-64(48-29-13-5-14-30-48)58(44-75)69(65(49-31-15-6-16-32-49)72(68)77-59-36-20-17-34-54(59)67-60(77)42-41-50(45-23-7-2-8-24-45)63(67)47-27-11-4-12-28-47)78-70-52(39-40-53-51-33-18-21-37-61(51)79-73(53)70)57-43-56(46-25-9-3-10-26-46)66-55-35-19-22-38-62(55)80-74(66)71(57)78/h2-43H. The molecule has 0 aliphatic rings. The molecule has 0 aliphatic carbocycles. The lowest BCUT2D eigenvalue weighted by Gasteiger charge is -2.26. The van der Waals surface area contributed by atoms with Gasteiger partial charge < -0.3 is 9.13 Å². The number of aromatic nitrogens is 2. The largest absolute Gasteiger partial charge is 0.318 e. The molecular formula is C74H42N4S2. The van der Waals surface area contributed by atoms with Gasteiger partial charge in [0.25, 0.3) is 0 Å². The van der Waals surface area contributed by atoms with E-state index in [1.807, 2.05) is 35.6 Å². The predicted molar refractivity (Wildman–Crippen MR) is 339 cm³/mol. The second-order valence-electron chi connectivity index (χ2n) is 20.4. The lowest BCUT2D eigenvalue weighted by Crippen LogP contribution is -2.09. The highest BCUT2D eigenvalue weighted by Gasteiger charge is 2.34. The fourth-order valence-corrected chi connectivity index (χ4v) is 15.4. The van der Waals surface area contributed by atoms with Crippen molar-refractivity contribution in [3.63, 3.8) is 0 Å². The highest BCUT2D eigenvalue weighted by Crippen LogP contribution is 2.56. The van der Waals surface area contributed by atoms with Crippen molar-refractivity contribution in [3.05, 3.63) is 272 Å². The summed E-state index contributed by atoms with van der Waals surface area (Å²) in [6, 6.07) is 93.3. The Morgan fingerprint density at radius 3 is 1.50 bits per heavy atom. The third-order valence-corrected chi connectivity index (χ3v) is 18.5. The maximum absolute atomic E-state index is 12.4. The van der Waals surface area contributed by atoms with Gasteiger partial charge in [0.1, 0.15) is 6.07 Å². The number of fused-ring (bicyclic) bond motifs is 14. The lowest BCUT2D eigenvalue weighted by atomic mass is 9.88. The van der Waals surface area contributed by atoms with E-state index in [0.717, 1.165) is 114 Å². The number of benzene rings is 12. The van der Waals surface area contributed by atoms with Crippen LogP contribution < -0.4 is 0 Å². The molecule has 6 heteroatoms. The molecule has 4 heterocycles. The van der Waals surface area contributed by atoms with Crippen LogP contribution in [0.15, 0.2) is 255 Å². The maximum atomic E-state index is 12.4. The van der Waals surface area contributed by atoms with Crippen LogP contribution in [0.2, 0.25) is 0 Å². The van der Waals surface area contributed by atoms with Crippen molar-refractivity contribution in [2.45, 2.75) is 0 Å². The van der Waals surface area contributed by atoms with Gasteiger partial charge >= 0.3 is 0 Å². The third kappa shape index (κ3) is 6.65. The molecule has 4 aromatic heterocycles. The van der Waals surface area contributed by atoms with E-state index in [1.54, 1.807) is 11.3 Å². The summed E-state index contributed by atoms with van der Waals surface area (Å²) in [6.07, 6.45) is 0. The van der Waals surface area contributed by atoms with E-state index in [4.69, 9.17) is 0 Å². The van der Waals surface area contributed by atoms with Gasteiger partial charge in [0.15, 0.2) is 0 Å². The van der Waals surface area contributed by atoms with Gasteiger partial charge in [0.2, 0.25) is 5.69 Å². The summed E-state index contributed by atoms with van der Waals surface area (Å²) in [5.41, 5.74) is 16.0. The first-order valence-corrected chi connectivity index (χ1v) is 28.4. The summed E-state index contributed by atoms with van der Waals surface area (Å²) in [5, 5.41) is 21.5. The van der Waals surface area contributed by atoms with Crippen molar-refractivity contribution in [3.8, 4) is 73.1 Å². The molecule has 0 atom stereocenters. The Kier molecular flexibility index (Phi) is 10.4. The number of thiophene rings is 2. The SMILES string of the molecule is [C-]#[N+]c1c(-c2ccccc2)c(C#N)c(-n2c3c(ccc4c5ccccc5sc43)c3cc(-c4ccccc4)c4c5ccccc5sc4c32)c(-c2ccccc2)c1-n1c2ccccc2c2c(-c3ccccc3)c(-c3ccccc3)ccc21. The van der Waals surface area contributed by atoms with Crippen LogP contribution in [0.25, 0.3) is 156 Å². The zero-order valence-electron chi connectivity index (χ0n) is 42.9. The second kappa shape index (κ2) is 18.1. The van der Waals surface area contributed by atoms with Gasteiger partial charge in [-0.25, -0.2) is 4.85 Å². The Balaban J connectivity index is 1.19.